The number of hydrogen-bond acceptors (Lipinski definition) is 9. The number of rotatable bonds is 5. The molecule has 2 aromatic rings. The van der Waals surface area contributed by atoms with Crippen molar-refractivity contribution in [1.82, 2.24) is 0 Å². The molecule has 1 aliphatic rings. The van der Waals surface area contributed by atoms with Crippen molar-refractivity contribution in [3.8, 4) is 5.75 Å². The van der Waals surface area contributed by atoms with Gasteiger partial charge >= 0.3 is 29.6 Å². The van der Waals surface area contributed by atoms with E-state index in [0.29, 0.717) is 5.56 Å². The van der Waals surface area contributed by atoms with Crippen LogP contribution in [0.4, 0.5) is 17.1 Å². The summed E-state index contributed by atoms with van der Waals surface area (Å²) in [6.45, 7) is 3.06. The van der Waals surface area contributed by atoms with Crippen LogP contribution < -0.4 is 39.7 Å². The predicted molar refractivity (Wildman–Crippen MR) is 102 cm³/mol. The Morgan fingerprint density at radius 2 is 1.81 bits per heavy atom. The number of benzene rings is 2. The summed E-state index contributed by atoms with van der Waals surface area (Å²) in [4.78, 5) is 22.5. The summed E-state index contributed by atoms with van der Waals surface area (Å²) in [7, 11) is -4.39. The maximum absolute atomic E-state index is 12.7. The van der Waals surface area contributed by atoms with Crippen molar-refractivity contribution < 1.29 is 57.4 Å². The maximum atomic E-state index is 12.7. The molecule has 0 fully saturated rings. The van der Waals surface area contributed by atoms with Crippen LogP contribution in [0.15, 0.2) is 56.6 Å². The van der Waals surface area contributed by atoms with Gasteiger partial charge in [0.05, 0.1) is 26.9 Å². The molecule has 0 aromatic heterocycles. The van der Waals surface area contributed by atoms with E-state index in [1.54, 1.807) is 6.92 Å². The number of hydrogen-bond donors (Lipinski definition) is 1. The van der Waals surface area contributed by atoms with Crippen LogP contribution in [-0.2, 0) is 14.9 Å². The van der Waals surface area contributed by atoms with E-state index in [1.165, 1.54) is 25.1 Å². The zero-order chi connectivity index (χ0) is 22.2. The molecule has 3 rings (SSSR count). The van der Waals surface area contributed by atoms with E-state index in [4.69, 9.17) is 4.55 Å². The molecule has 156 valence electrons. The van der Waals surface area contributed by atoms with Gasteiger partial charge in [-0.2, -0.15) is 28.8 Å². The topological polar surface area (TPSA) is 178 Å². The Hall–Kier alpha value is -2.71. The number of azo groups is 1. The first-order valence-corrected chi connectivity index (χ1v) is 9.76. The van der Waals surface area contributed by atoms with Crippen molar-refractivity contribution in [2.24, 2.45) is 15.3 Å². The summed E-state index contributed by atoms with van der Waals surface area (Å²) in [5, 5.41) is 35.7. The first kappa shape index (κ1) is 24.6. The molecule has 0 saturated heterocycles. The molecule has 0 saturated carbocycles. The van der Waals surface area contributed by atoms with E-state index in [0.717, 1.165) is 23.2 Å². The first-order chi connectivity index (χ1) is 14.0. The standard InChI is InChI=1S/C17H15N5O7S.Na/c1-9-7-13(16(23)14(8-9)22(25)26)18-19-15-10(2)20-21(17(15)24)11-3-5-12(6-4-11)30(27,28)29;/h3-8,15,23H,1-2H3,(H,27,28,29);/q;+1/p-1. The van der Waals surface area contributed by atoms with Gasteiger partial charge in [0.25, 0.3) is 21.7 Å². The van der Waals surface area contributed by atoms with Crippen molar-refractivity contribution in [3.05, 3.63) is 52.1 Å². The SMILES string of the molecule is CC1=NN(c2ccc(S(=O)(=O)O)cc2)C(=O)C1N=Nc1cc(C)cc([N+](=O)[O-])c1[O-].[Na+]. The van der Waals surface area contributed by atoms with Gasteiger partial charge in [-0.05, 0) is 49.7 Å². The van der Waals surface area contributed by atoms with Gasteiger partial charge < -0.3 is 5.11 Å². The second kappa shape index (κ2) is 9.20. The molecule has 1 unspecified atom stereocenters. The fraction of sp³-hybridized carbons (Fsp3) is 0.176. The van der Waals surface area contributed by atoms with Crippen molar-refractivity contribution in [2.45, 2.75) is 24.8 Å². The van der Waals surface area contributed by atoms with Crippen LogP contribution in [0.5, 0.6) is 5.75 Å². The number of carbonyl (C=O) groups excluding carboxylic acids is 1. The average molecular weight is 455 g/mol. The molecule has 1 aliphatic heterocycles. The van der Waals surface area contributed by atoms with E-state index in [2.05, 4.69) is 15.3 Å². The molecule has 1 N–H and O–H groups in total. The number of nitro benzene ring substituents is 1. The van der Waals surface area contributed by atoms with Crippen LogP contribution in [0.25, 0.3) is 0 Å². The number of nitro groups is 1. The summed E-state index contributed by atoms with van der Waals surface area (Å²) in [6, 6.07) is 6.03. The molecule has 12 nitrogen and oxygen atoms in total. The van der Waals surface area contributed by atoms with Gasteiger partial charge in [0.2, 0.25) is 0 Å². The predicted octanol–water partition coefficient (Wildman–Crippen LogP) is -0.897. The minimum atomic E-state index is -4.39. The van der Waals surface area contributed by atoms with Crippen molar-refractivity contribution >= 4 is 38.8 Å². The van der Waals surface area contributed by atoms with E-state index >= 15 is 0 Å². The Morgan fingerprint density at radius 1 is 1.19 bits per heavy atom. The monoisotopic (exact) mass is 455 g/mol. The van der Waals surface area contributed by atoms with Crippen LogP contribution >= 0.6 is 0 Å². The Kier molecular flexibility index (Phi) is 7.28. The van der Waals surface area contributed by atoms with Gasteiger partial charge in [-0.25, -0.2) is 0 Å². The van der Waals surface area contributed by atoms with E-state index in [9.17, 15) is 28.4 Å². The summed E-state index contributed by atoms with van der Waals surface area (Å²) >= 11 is 0. The number of amides is 1. The quantitative estimate of drug-likeness (QED) is 0.200. The van der Waals surface area contributed by atoms with Crippen LogP contribution in [0.2, 0.25) is 0 Å². The number of anilines is 1. The largest absolute Gasteiger partial charge is 1.00 e. The Morgan fingerprint density at radius 3 is 2.35 bits per heavy atom. The minimum absolute atomic E-state index is 0. The molecular weight excluding hydrogens is 441 g/mol. The Labute approximate surface area is 198 Å². The molecule has 31 heavy (non-hydrogen) atoms. The molecule has 1 amide bonds. The van der Waals surface area contributed by atoms with Crippen LogP contribution in [0.3, 0.4) is 0 Å². The normalized spacial score (nSPS) is 16.4. The third-order valence-electron chi connectivity index (χ3n) is 4.15. The molecule has 0 bridgehead atoms. The minimum Gasteiger partial charge on any atom is -0.866 e. The zero-order valence-corrected chi connectivity index (χ0v) is 19.4. The molecule has 14 heteroatoms. The van der Waals surface area contributed by atoms with Gasteiger partial charge in [-0.1, -0.05) is 0 Å². The second-order valence-corrected chi connectivity index (χ2v) is 7.79. The van der Waals surface area contributed by atoms with Gasteiger partial charge in [0.15, 0.2) is 6.04 Å². The number of carbonyl (C=O) groups is 1. The molecular formula is C17H14N5NaO7S. The fourth-order valence-corrected chi connectivity index (χ4v) is 3.18. The summed E-state index contributed by atoms with van der Waals surface area (Å²) in [6.07, 6.45) is 0. The second-order valence-electron chi connectivity index (χ2n) is 6.37. The fourth-order valence-electron chi connectivity index (χ4n) is 2.70. The van der Waals surface area contributed by atoms with E-state index < -0.39 is 38.4 Å². The summed E-state index contributed by atoms with van der Waals surface area (Å²) < 4.78 is 31.3. The van der Waals surface area contributed by atoms with Crippen LogP contribution in [0.1, 0.15) is 12.5 Å². The van der Waals surface area contributed by atoms with Gasteiger partial charge in [-0.15, -0.1) is 0 Å². The molecule has 0 radical (unpaired) electrons. The van der Waals surface area contributed by atoms with Crippen molar-refractivity contribution in [2.75, 3.05) is 5.01 Å². The molecule has 0 spiro atoms. The van der Waals surface area contributed by atoms with Gasteiger partial charge in [-0.3, -0.25) is 19.5 Å². The van der Waals surface area contributed by atoms with E-state index in [-0.39, 0.29) is 51.5 Å². The summed E-state index contributed by atoms with van der Waals surface area (Å²) in [5.74, 6) is -1.54. The van der Waals surface area contributed by atoms with Crippen LogP contribution in [0, 0.1) is 17.0 Å². The molecule has 1 heterocycles. The maximum Gasteiger partial charge on any atom is 1.00 e. The number of aryl methyl sites for hydroxylation is 1. The smallest absolute Gasteiger partial charge is 0.866 e. The Balaban J connectivity index is 0.00000341. The molecule has 0 aliphatic carbocycles. The average Bonchev–Trinajstić information content (AvgIpc) is 2.95. The number of hydrazone groups is 1. The van der Waals surface area contributed by atoms with E-state index in [1.807, 2.05) is 0 Å². The number of nitrogens with zero attached hydrogens (tertiary/aromatic N) is 5. The van der Waals surface area contributed by atoms with Crippen LogP contribution in [-0.4, -0.2) is 35.6 Å². The van der Waals surface area contributed by atoms with Crippen molar-refractivity contribution in [3.63, 3.8) is 0 Å². The molecule has 1 atom stereocenters. The zero-order valence-electron chi connectivity index (χ0n) is 16.6. The first-order valence-electron chi connectivity index (χ1n) is 8.32. The Bertz CT molecular complexity index is 1210. The summed E-state index contributed by atoms with van der Waals surface area (Å²) in [5.41, 5.74) is -0.0257. The van der Waals surface area contributed by atoms with Gasteiger partial charge in [0, 0.05) is 11.8 Å². The van der Waals surface area contributed by atoms with Crippen molar-refractivity contribution in [1.29, 1.82) is 0 Å². The third-order valence-corrected chi connectivity index (χ3v) is 5.01. The third kappa shape index (κ3) is 5.14. The van der Waals surface area contributed by atoms with Gasteiger partial charge in [0.1, 0.15) is 0 Å². The molecule has 2 aromatic carbocycles.